The van der Waals surface area contributed by atoms with Crippen molar-refractivity contribution in [2.45, 2.75) is 116 Å². The van der Waals surface area contributed by atoms with Crippen LogP contribution >= 0.6 is 0 Å². The molecular weight excluding hydrogens is 536 g/mol. The molecule has 0 aromatic carbocycles. The Balaban J connectivity index is 5.73. The molecule has 0 aliphatic heterocycles. The van der Waals surface area contributed by atoms with Crippen molar-refractivity contribution in [2.24, 2.45) is 0 Å². The predicted octanol–water partition coefficient (Wildman–Crippen LogP) is 1.46. The first-order valence-corrected chi connectivity index (χ1v) is 13.3. The average molecular weight is 581 g/mol. The van der Waals surface area contributed by atoms with Gasteiger partial charge in [-0.3, -0.25) is 24.0 Å². The summed E-state index contributed by atoms with van der Waals surface area (Å²) in [6.07, 6.45) is 0.589. The van der Waals surface area contributed by atoms with Crippen molar-refractivity contribution in [3.63, 3.8) is 0 Å². The second-order valence-corrected chi connectivity index (χ2v) is 11.4. The molecule has 0 radical (unpaired) electrons. The Bertz CT molecular complexity index is 1010. The number of Topliss-reactive ketones (excluding diaryl/α,β-unsaturated/α-hetero) is 1. The summed E-state index contributed by atoms with van der Waals surface area (Å²) in [5, 5.41) is 14.5. The highest BCUT2D eigenvalue weighted by Crippen LogP contribution is 2.13. The number of carbonyl (C=O) groups is 7. The van der Waals surface area contributed by atoms with E-state index >= 15 is 0 Å². The molecule has 0 fully saturated rings. The molecule has 230 valence electrons. The highest BCUT2D eigenvalue weighted by molar-refractivity contribution is 6.26. The van der Waals surface area contributed by atoms with Crippen molar-refractivity contribution in [3.05, 3.63) is 12.7 Å². The molecule has 0 bridgehead atoms. The van der Waals surface area contributed by atoms with Gasteiger partial charge >= 0.3 is 11.9 Å². The van der Waals surface area contributed by atoms with E-state index in [2.05, 4.69) is 22.5 Å². The van der Waals surface area contributed by atoms with Crippen LogP contribution in [-0.2, 0) is 43.0 Å². The van der Waals surface area contributed by atoms with Crippen molar-refractivity contribution in [1.29, 1.82) is 5.41 Å². The van der Waals surface area contributed by atoms with Gasteiger partial charge in [-0.2, -0.15) is 0 Å². The van der Waals surface area contributed by atoms with E-state index in [1.807, 2.05) is 0 Å². The fraction of sp³-hybridized carbons (Fsp3) is 0.643. The number of allylic oxidation sites excluding steroid dienone is 1. The summed E-state index contributed by atoms with van der Waals surface area (Å²) in [6.45, 7) is 14.5. The molecule has 0 aromatic rings. The van der Waals surface area contributed by atoms with Gasteiger partial charge in [-0.15, -0.1) is 0 Å². The van der Waals surface area contributed by atoms with Gasteiger partial charge in [-0.25, -0.2) is 9.59 Å². The highest BCUT2D eigenvalue weighted by atomic mass is 16.6. The molecule has 0 aromatic heterocycles. The van der Waals surface area contributed by atoms with E-state index in [0.29, 0.717) is 6.21 Å². The number of rotatable bonds is 17. The second-order valence-electron chi connectivity index (χ2n) is 11.4. The number of ketones is 2. The van der Waals surface area contributed by atoms with Crippen LogP contribution in [0, 0.1) is 5.41 Å². The fourth-order valence-electron chi connectivity index (χ4n) is 3.32. The lowest BCUT2D eigenvalue weighted by atomic mass is 10.0. The summed E-state index contributed by atoms with van der Waals surface area (Å²) in [5.41, 5.74) is -1.72. The van der Waals surface area contributed by atoms with Gasteiger partial charge in [0.2, 0.25) is 17.7 Å². The van der Waals surface area contributed by atoms with Crippen molar-refractivity contribution >= 4 is 47.4 Å². The van der Waals surface area contributed by atoms with Gasteiger partial charge < -0.3 is 30.8 Å². The quantitative estimate of drug-likeness (QED) is 0.112. The summed E-state index contributed by atoms with van der Waals surface area (Å²) in [4.78, 5) is 86.3. The van der Waals surface area contributed by atoms with E-state index < -0.39 is 64.8 Å². The molecule has 3 atom stereocenters. The number of ether oxygens (including phenoxy) is 2. The van der Waals surface area contributed by atoms with Gasteiger partial charge in [0.05, 0.1) is 6.21 Å². The fourth-order valence-corrected chi connectivity index (χ4v) is 3.32. The molecule has 0 saturated heterocycles. The Morgan fingerprint density at radius 3 is 1.59 bits per heavy atom. The number of hydrogen-bond donors (Lipinski definition) is 4. The first-order valence-electron chi connectivity index (χ1n) is 13.3. The van der Waals surface area contributed by atoms with Crippen LogP contribution in [0.15, 0.2) is 12.7 Å². The van der Waals surface area contributed by atoms with Crippen LogP contribution < -0.4 is 16.0 Å². The number of amides is 3. The zero-order chi connectivity index (χ0) is 32.0. The van der Waals surface area contributed by atoms with Crippen LogP contribution in [0.2, 0.25) is 0 Å². The Hall–Kier alpha value is -3.90. The first-order chi connectivity index (χ1) is 18.8. The van der Waals surface area contributed by atoms with Crippen LogP contribution in [0.25, 0.3) is 0 Å². The summed E-state index contributed by atoms with van der Waals surface area (Å²) < 4.78 is 10.7. The van der Waals surface area contributed by atoms with Crippen LogP contribution in [-0.4, -0.2) is 76.8 Å². The second kappa shape index (κ2) is 17.0. The maximum absolute atomic E-state index is 13.2. The molecule has 41 heavy (non-hydrogen) atoms. The Labute approximate surface area is 241 Å². The van der Waals surface area contributed by atoms with E-state index in [9.17, 15) is 33.6 Å². The SMILES string of the molecule is C=CC(=O)CC[C@H](NC(=O)[C@H](CCC(=O)C=N)NC(=O)CC[C@H](NC(C)=O)C(=O)OC(C)(C)C)C(=O)OC(C)(C)C. The molecule has 13 nitrogen and oxygen atoms in total. The molecule has 0 unspecified atom stereocenters. The van der Waals surface area contributed by atoms with E-state index in [4.69, 9.17) is 14.9 Å². The predicted molar refractivity (Wildman–Crippen MR) is 150 cm³/mol. The highest BCUT2D eigenvalue weighted by Gasteiger charge is 2.31. The summed E-state index contributed by atoms with van der Waals surface area (Å²) >= 11 is 0. The maximum Gasteiger partial charge on any atom is 0.329 e. The summed E-state index contributed by atoms with van der Waals surface area (Å²) in [6, 6.07) is -3.66. The van der Waals surface area contributed by atoms with Crippen molar-refractivity contribution in [2.75, 3.05) is 0 Å². The van der Waals surface area contributed by atoms with Gasteiger partial charge in [-0.05, 0) is 66.9 Å². The van der Waals surface area contributed by atoms with Gasteiger partial charge in [-0.1, -0.05) is 6.58 Å². The van der Waals surface area contributed by atoms with Crippen molar-refractivity contribution in [1.82, 2.24) is 16.0 Å². The largest absolute Gasteiger partial charge is 0.458 e. The number of esters is 2. The van der Waals surface area contributed by atoms with Crippen LogP contribution in [0.1, 0.15) is 87.0 Å². The minimum atomic E-state index is -1.30. The average Bonchev–Trinajstić information content (AvgIpc) is 2.83. The number of nitrogens with one attached hydrogen (secondary N) is 4. The topological polar surface area (TPSA) is 198 Å². The number of carbonyl (C=O) groups excluding carboxylic acids is 7. The zero-order valence-electron chi connectivity index (χ0n) is 25.0. The summed E-state index contributed by atoms with van der Waals surface area (Å²) in [7, 11) is 0. The van der Waals surface area contributed by atoms with Crippen LogP contribution in [0.5, 0.6) is 0 Å². The van der Waals surface area contributed by atoms with E-state index in [-0.39, 0.29) is 44.3 Å². The third-order valence-electron chi connectivity index (χ3n) is 5.14. The molecule has 0 aliphatic carbocycles. The van der Waals surface area contributed by atoms with Gasteiger partial charge in [0, 0.05) is 26.2 Å². The lowest BCUT2D eigenvalue weighted by Crippen LogP contribution is -2.53. The minimum Gasteiger partial charge on any atom is -0.458 e. The van der Waals surface area contributed by atoms with Crippen LogP contribution in [0.4, 0.5) is 0 Å². The maximum atomic E-state index is 13.2. The standard InChI is InChI=1S/C28H44N4O9/c1-9-18(34)10-13-22(26(39)41-28(6,7)8)32-24(37)20(12-11-19(35)16-29)31-23(36)15-14-21(30-17(2)33)25(38)40-27(3,4)5/h9,16,20-22,29H,1,10-15H2,2-8H3,(H,30,33)(H,31,36)(H,32,37)/t20-,21-,22-/m0/s1. The number of hydrogen-bond acceptors (Lipinski definition) is 10. The van der Waals surface area contributed by atoms with E-state index in [0.717, 1.165) is 6.08 Å². The molecule has 0 aliphatic rings. The Morgan fingerprint density at radius 2 is 1.15 bits per heavy atom. The molecule has 13 heteroatoms. The third-order valence-corrected chi connectivity index (χ3v) is 5.14. The smallest absolute Gasteiger partial charge is 0.329 e. The van der Waals surface area contributed by atoms with Crippen molar-refractivity contribution < 1.29 is 43.0 Å². The molecule has 0 saturated carbocycles. The first kappa shape index (κ1) is 37.1. The van der Waals surface area contributed by atoms with Crippen LogP contribution in [0.3, 0.4) is 0 Å². The lowest BCUT2D eigenvalue weighted by molar-refractivity contribution is -0.159. The monoisotopic (exact) mass is 580 g/mol. The third kappa shape index (κ3) is 17.4. The molecule has 0 rings (SSSR count). The Morgan fingerprint density at radius 1 is 0.707 bits per heavy atom. The molecule has 0 spiro atoms. The van der Waals surface area contributed by atoms with Gasteiger partial charge in [0.1, 0.15) is 29.3 Å². The van der Waals surface area contributed by atoms with E-state index in [1.165, 1.54) is 6.92 Å². The molecule has 0 heterocycles. The Kier molecular flexibility index (Phi) is 15.4. The molecule has 3 amide bonds. The summed E-state index contributed by atoms with van der Waals surface area (Å²) in [5.74, 6) is -4.47. The van der Waals surface area contributed by atoms with E-state index in [1.54, 1.807) is 41.5 Å². The van der Waals surface area contributed by atoms with Gasteiger partial charge in [0.25, 0.3) is 0 Å². The van der Waals surface area contributed by atoms with Gasteiger partial charge in [0.15, 0.2) is 11.6 Å². The minimum absolute atomic E-state index is 0.0973. The molecular formula is C28H44N4O9. The molecule has 4 N–H and O–H groups in total. The van der Waals surface area contributed by atoms with Crippen molar-refractivity contribution in [3.8, 4) is 0 Å². The normalized spacial score (nSPS) is 13.4. The zero-order valence-corrected chi connectivity index (χ0v) is 25.0. The lowest BCUT2D eigenvalue weighted by Gasteiger charge is -2.26.